The summed E-state index contributed by atoms with van der Waals surface area (Å²) in [5.41, 5.74) is 4.57. The Balaban J connectivity index is 1.73. The number of hydrogen-bond acceptors (Lipinski definition) is 3. The van der Waals surface area contributed by atoms with Crippen LogP contribution in [0, 0.1) is 11.8 Å². The second kappa shape index (κ2) is 9.15. The molecule has 1 N–H and O–H groups in total. The number of allylic oxidation sites excluding steroid dienone is 1. The van der Waals surface area contributed by atoms with Crippen LogP contribution in [0.1, 0.15) is 23.6 Å². The molecule has 0 saturated carbocycles. The van der Waals surface area contributed by atoms with E-state index in [9.17, 15) is 0 Å². The van der Waals surface area contributed by atoms with Crippen molar-refractivity contribution in [1.29, 1.82) is 0 Å². The molecule has 4 nitrogen and oxygen atoms in total. The molecule has 0 unspecified atom stereocenters. The molecule has 0 bridgehead atoms. The third-order valence-corrected chi connectivity index (χ3v) is 6.52. The molecule has 0 radical (unpaired) electrons. The SMILES string of the molecule is COc1ccc([C@@]2([NH+]3CCOCC3)Oc3ccccc3C(C#Cc3ccccc3)=C2C)cc1. The monoisotopic (exact) mass is 438 g/mol. The third-order valence-electron chi connectivity index (χ3n) is 6.52. The number of methoxy groups -OCH3 is 1. The van der Waals surface area contributed by atoms with Gasteiger partial charge in [-0.2, -0.15) is 0 Å². The van der Waals surface area contributed by atoms with Crippen molar-refractivity contribution < 1.29 is 19.1 Å². The van der Waals surface area contributed by atoms with Gasteiger partial charge < -0.3 is 14.2 Å². The molecule has 2 heterocycles. The predicted molar refractivity (Wildman–Crippen MR) is 129 cm³/mol. The van der Waals surface area contributed by atoms with Crippen molar-refractivity contribution >= 4 is 5.57 Å². The first kappa shape index (κ1) is 21.3. The first-order valence-corrected chi connectivity index (χ1v) is 11.4. The number of nitrogens with one attached hydrogen (secondary N) is 1. The van der Waals surface area contributed by atoms with Crippen LogP contribution in [0.25, 0.3) is 5.57 Å². The topological polar surface area (TPSA) is 32.1 Å². The highest BCUT2D eigenvalue weighted by atomic mass is 16.5. The zero-order valence-corrected chi connectivity index (χ0v) is 19.1. The quantitative estimate of drug-likeness (QED) is 0.633. The zero-order valence-electron chi connectivity index (χ0n) is 19.1. The highest BCUT2D eigenvalue weighted by Gasteiger charge is 2.51. The standard InChI is InChI=1S/C29H27NO3/c1-22-26(17-12-23-8-4-3-5-9-23)27-10-6-7-11-28(27)33-29(22,30-18-20-32-21-19-30)24-13-15-25(31-2)16-14-24/h3-11,13-16H,18-21H2,1-2H3/p+1/t29-/m0/s1. The molecule has 0 amide bonds. The van der Waals surface area contributed by atoms with E-state index >= 15 is 0 Å². The van der Waals surface area contributed by atoms with Crippen LogP contribution in [0.5, 0.6) is 11.5 Å². The van der Waals surface area contributed by atoms with E-state index in [1.807, 2.05) is 60.7 Å². The zero-order chi connectivity index (χ0) is 22.7. The predicted octanol–water partition coefficient (Wildman–Crippen LogP) is 3.68. The maximum absolute atomic E-state index is 6.95. The summed E-state index contributed by atoms with van der Waals surface area (Å²) in [6.45, 7) is 5.28. The molecule has 1 fully saturated rings. The van der Waals surface area contributed by atoms with Crippen LogP contribution in [0.15, 0.2) is 84.4 Å². The molecule has 4 heteroatoms. The van der Waals surface area contributed by atoms with Gasteiger partial charge in [0.1, 0.15) is 24.6 Å². The molecule has 2 aliphatic rings. The number of benzene rings is 3. The second-order valence-corrected chi connectivity index (χ2v) is 8.34. The van der Waals surface area contributed by atoms with Gasteiger partial charge >= 0.3 is 0 Å². The molecule has 33 heavy (non-hydrogen) atoms. The van der Waals surface area contributed by atoms with Crippen LogP contribution >= 0.6 is 0 Å². The summed E-state index contributed by atoms with van der Waals surface area (Å²) in [5, 5.41) is 0. The summed E-state index contributed by atoms with van der Waals surface area (Å²) < 4.78 is 18.1. The third kappa shape index (κ3) is 3.91. The van der Waals surface area contributed by atoms with Crippen molar-refractivity contribution in [3.05, 3.63) is 101 Å². The number of para-hydroxylation sites is 1. The average molecular weight is 439 g/mol. The van der Waals surface area contributed by atoms with Crippen molar-refractivity contribution in [1.82, 2.24) is 0 Å². The molecule has 0 aliphatic carbocycles. The number of quaternary nitrogens is 1. The van der Waals surface area contributed by atoms with Crippen LogP contribution in [0.3, 0.4) is 0 Å². The Morgan fingerprint density at radius 3 is 2.27 bits per heavy atom. The number of morpholine rings is 1. The lowest BCUT2D eigenvalue weighted by Gasteiger charge is -2.45. The molecular weight excluding hydrogens is 410 g/mol. The molecule has 3 aromatic rings. The maximum Gasteiger partial charge on any atom is 0.292 e. The van der Waals surface area contributed by atoms with Gasteiger partial charge in [-0.15, -0.1) is 0 Å². The number of hydrogen-bond donors (Lipinski definition) is 1. The second-order valence-electron chi connectivity index (χ2n) is 8.34. The molecule has 1 saturated heterocycles. The van der Waals surface area contributed by atoms with Gasteiger partial charge in [-0.3, -0.25) is 4.90 Å². The fourth-order valence-electron chi connectivity index (χ4n) is 4.81. The van der Waals surface area contributed by atoms with E-state index in [0.29, 0.717) is 13.2 Å². The van der Waals surface area contributed by atoms with Crippen molar-refractivity contribution in [2.24, 2.45) is 0 Å². The Morgan fingerprint density at radius 1 is 0.848 bits per heavy atom. The molecule has 0 aromatic heterocycles. The van der Waals surface area contributed by atoms with Gasteiger partial charge in [0, 0.05) is 16.7 Å². The van der Waals surface area contributed by atoms with E-state index in [0.717, 1.165) is 52.4 Å². The Kier molecular flexibility index (Phi) is 5.92. The molecule has 5 rings (SSSR count). The van der Waals surface area contributed by atoms with Crippen LogP contribution in [0.2, 0.25) is 0 Å². The Labute approximate surface area is 195 Å². The minimum absolute atomic E-state index is 0.689. The van der Waals surface area contributed by atoms with Gasteiger partial charge in [0.05, 0.1) is 31.5 Å². The number of fused-ring (bicyclic) bond motifs is 1. The highest BCUT2D eigenvalue weighted by Crippen LogP contribution is 2.43. The van der Waals surface area contributed by atoms with Crippen LogP contribution in [0.4, 0.5) is 0 Å². The summed E-state index contributed by atoms with van der Waals surface area (Å²) in [4.78, 5) is 1.32. The van der Waals surface area contributed by atoms with Crippen molar-refractivity contribution in [2.75, 3.05) is 33.4 Å². The lowest BCUT2D eigenvalue weighted by Crippen LogP contribution is -3.21. The van der Waals surface area contributed by atoms with Gasteiger partial charge in [-0.25, -0.2) is 0 Å². The average Bonchev–Trinajstić information content (AvgIpc) is 2.89. The maximum atomic E-state index is 6.95. The molecule has 1 atom stereocenters. The van der Waals surface area contributed by atoms with Gasteiger partial charge in [-0.05, 0) is 55.5 Å². The molecule has 3 aromatic carbocycles. The highest BCUT2D eigenvalue weighted by molar-refractivity contribution is 5.87. The Morgan fingerprint density at radius 2 is 1.55 bits per heavy atom. The van der Waals surface area contributed by atoms with Gasteiger partial charge in [0.25, 0.3) is 5.72 Å². The minimum Gasteiger partial charge on any atom is -0.497 e. The fraction of sp³-hybridized carbons (Fsp3) is 0.241. The van der Waals surface area contributed by atoms with Crippen molar-refractivity contribution in [2.45, 2.75) is 12.6 Å². The van der Waals surface area contributed by atoms with Crippen molar-refractivity contribution in [3.8, 4) is 23.3 Å². The van der Waals surface area contributed by atoms with E-state index in [2.05, 4.69) is 37.0 Å². The summed E-state index contributed by atoms with van der Waals surface area (Å²) in [6, 6.07) is 26.6. The molecule has 0 spiro atoms. The van der Waals surface area contributed by atoms with E-state index in [4.69, 9.17) is 14.2 Å². The van der Waals surface area contributed by atoms with E-state index in [1.54, 1.807) is 7.11 Å². The van der Waals surface area contributed by atoms with Gasteiger partial charge in [0.15, 0.2) is 0 Å². The van der Waals surface area contributed by atoms with Crippen molar-refractivity contribution in [3.63, 3.8) is 0 Å². The first-order chi connectivity index (χ1) is 16.2. The Hall–Kier alpha value is -3.52. The lowest BCUT2D eigenvalue weighted by molar-refractivity contribution is -0.982. The van der Waals surface area contributed by atoms with E-state index in [1.165, 1.54) is 4.90 Å². The normalized spacial score (nSPS) is 20.3. The summed E-state index contributed by atoms with van der Waals surface area (Å²) >= 11 is 0. The lowest BCUT2D eigenvalue weighted by atomic mass is 9.84. The van der Waals surface area contributed by atoms with Crippen LogP contribution < -0.4 is 14.4 Å². The molecular formula is C29H28NO3+. The van der Waals surface area contributed by atoms with Crippen LogP contribution in [-0.4, -0.2) is 33.4 Å². The smallest absolute Gasteiger partial charge is 0.292 e. The fourth-order valence-corrected chi connectivity index (χ4v) is 4.81. The number of rotatable bonds is 3. The molecule has 2 aliphatic heterocycles. The van der Waals surface area contributed by atoms with Gasteiger partial charge in [0.2, 0.25) is 0 Å². The largest absolute Gasteiger partial charge is 0.497 e. The van der Waals surface area contributed by atoms with E-state index < -0.39 is 5.72 Å². The summed E-state index contributed by atoms with van der Waals surface area (Å²) in [6.07, 6.45) is 0. The molecule has 166 valence electrons. The van der Waals surface area contributed by atoms with E-state index in [-0.39, 0.29) is 0 Å². The first-order valence-electron chi connectivity index (χ1n) is 11.4. The Bertz CT molecular complexity index is 1210. The van der Waals surface area contributed by atoms with Crippen LogP contribution in [-0.2, 0) is 10.5 Å². The minimum atomic E-state index is -0.689. The summed E-state index contributed by atoms with van der Waals surface area (Å²) in [5.74, 6) is 8.57. The number of ether oxygens (including phenoxy) is 3. The summed E-state index contributed by atoms with van der Waals surface area (Å²) in [7, 11) is 1.69. The van der Waals surface area contributed by atoms with Gasteiger partial charge in [-0.1, -0.05) is 42.2 Å².